The van der Waals surface area contributed by atoms with Crippen molar-refractivity contribution in [3.05, 3.63) is 58.7 Å². The lowest BCUT2D eigenvalue weighted by atomic mass is 9.84. The molecule has 1 N–H and O–H groups in total. The molecule has 202 valence electrons. The van der Waals surface area contributed by atoms with Gasteiger partial charge in [-0.25, -0.2) is 4.79 Å². The average Bonchev–Trinajstić information content (AvgIpc) is 2.86. The first kappa shape index (κ1) is 30.1. The van der Waals surface area contributed by atoms with E-state index in [1.165, 1.54) is 7.11 Å². The number of carbonyl (C=O) groups excluding carboxylic acids is 3. The fourth-order valence-electron chi connectivity index (χ4n) is 4.57. The van der Waals surface area contributed by atoms with E-state index in [9.17, 15) is 14.4 Å². The molecule has 1 amide bonds. The molecule has 0 fully saturated rings. The van der Waals surface area contributed by atoms with E-state index in [0.717, 1.165) is 43.2 Å². The number of anilines is 1. The summed E-state index contributed by atoms with van der Waals surface area (Å²) >= 11 is 0. The largest absolute Gasteiger partial charge is 0.496 e. The molecule has 37 heavy (non-hydrogen) atoms. The third kappa shape index (κ3) is 8.44. The monoisotopic (exact) mass is 509 g/mol. The van der Waals surface area contributed by atoms with E-state index < -0.39 is 5.97 Å². The summed E-state index contributed by atoms with van der Waals surface area (Å²) in [6.45, 7) is 10.3. The molecule has 2 aromatic carbocycles. The second kappa shape index (κ2) is 14.0. The normalized spacial score (nSPS) is 12.1. The number of hydrogen-bond donors (Lipinski definition) is 1. The first-order chi connectivity index (χ1) is 17.5. The minimum absolute atomic E-state index is 0.0706. The Morgan fingerprint density at radius 3 is 2.22 bits per heavy atom. The van der Waals surface area contributed by atoms with Crippen LogP contribution in [-0.2, 0) is 14.9 Å². The Morgan fingerprint density at radius 1 is 0.919 bits per heavy atom. The number of amides is 1. The number of carbonyl (C=O) groups is 3. The van der Waals surface area contributed by atoms with Gasteiger partial charge in [0, 0.05) is 24.1 Å². The van der Waals surface area contributed by atoms with Crippen molar-refractivity contribution in [3.63, 3.8) is 0 Å². The van der Waals surface area contributed by atoms with Crippen molar-refractivity contribution in [2.24, 2.45) is 0 Å². The van der Waals surface area contributed by atoms with Gasteiger partial charge in [-0.05, 0) is 53.5 Å². The molecule has 1 atom stereocenters. The highest BCUT2D eigenvalue weighted by molar-refractivity contribution is 5.97. The van der Waals surface area contributed by atoms with Crippen LogP contribution >= 0.6 is 0 Å². The van der Waals surface area contributed by atoms with Gasteiger partial charge in [0.2, 0.25) is 5.91 Å². The number of hydrogen-bond acceptors (Lipinski definition) is 5. The van der Waals surface area contributed by atoms with Crippen LogP contribution in [0.25, 0.3) is 0 Å². The number of benzene rings is 2. The number of Topliss-reactive ketones (excluding diaryl/α,β-unsaturated/α-hetero) is 1. The van der Waals surface area contributed by atoms with Gasteiger partial charge in [0.15, 0.2) is 5.78 Å². The van der Waals surface area contributed by atoms with Crippen LogP contribution in [0.5, 0.6) is 5.75 Å². The van der Waals surface area contributed by atoms with E-state index >= 15 is 0 Å². The lowest BCUT2D eigenvalue weighted by molar-refractivity contribution is -0.116. The van der Waals surface area contributed by atoms with Crippen LogP contribution in [0.4, 0.5) is 5.69 Å². The van der Waals surface area contributed by atoms with Crippen molar-refractivity contribution in [2.45, 2.75) is 90.9 Å². The summed E-state index contributed by atoms with van der Waals surface area (Å²) in [5.74, 6) is 0.0731. The smallest absolute Gasteiger partial charge is 0.337 e. The van der Waals surface area contributed by atoms with E-state index in [1.807, 2.05) is 25.1 Å². The number of esters is 1. The van der Waals surface area contributed by atoms with Crippen molar-refractivity contribution in [1.82, 2.24) is 0 Å². The topological polar surface area (TPSA) is 81.7 Å². The molecule has 0 heterocycles. The minimum atomic E-state index is -0.448. The highest BCUT2D eigenvalue weighted by atomic mass is 16.5. The van der Waals surface area contributed by atoms with E-state index in [-0.39, 0.29) is 29.4 Å². The van der Waals surface area contributed by atoms with Gasteiger partial charge in [-0.2, -0.15) is 0 Å². The van der Waals surface area contributed by atoms with Crippen LogP contribution in [0.3, 0.4) is 0 Å². The fraction of sp³-hybridized carbons (Fsp3) is 0.516. The average molecular weight is 510 g/mol. The first-order valence-corrected chi connectivity index (χ1v) is 13.3. The van der Waals surface area contributed by atoms with Crippen LogP contribution in [0.15, 0.2) is 36.4 Å². The molecular weight excluding hydrogens is 466 g/mol. The molecule has 1 unspecified atom stereocenters. The van der Waals surface area contributed by atoms with E-state index in [0.29, 0.717) is 29.0 Å². The second-order valence-corrected chi connectivity index (χ2v) is 10.6. The van der Waals surface area contributed by atoms with Crippen molar-refractivity contribution < 1.29 is 23.9 Å². The molecule has 0 aliphatic rings. The first-order valence-electron chi connectivity index (χ1n) is 13.3. The molecule has 0 aliphatic heterocycles. The molecule has 6 nitrogen and oxygen atoms in total. The number of ether oxygens (including phenoxy) is 2. The Kier molecular flexibility index (Phi) is 11.4. The maximum atomic E-state index is 13.4. The van der Waals surface area contributed by atoms with Gasteiger partial charge in [0.05, 0.1) is 19.8 Å². The van der Waals surface area contributed by atoms with Crippen LogP contribution < -0.4 is 10.1 Å². The predicted octanol–water partition coefficient (Wildman–Crippen LogP) is 7.45. The standard InChI is InChI=1S/C31H43NO5/c1-8-10-11-13-21(24-16-14-22(19-28(24)36-6)27(33)12-9-2)20-29(34)32-26-18-23(30(35)37-7)15-17-25(26)31(3,4)5/h14-19,21H,8-13,20H2,1-7H3,(H,32,34). The quantitative estimate of drug-likeness (QED) is 0.172. The molecule has 0 spiro atoms. The van der Waals surface area contributed by atoms with Crippen LogP contribution in [-0.4, -0.2) is 31.9 Å². The van der Waals surface area contributed by atoms with Crippen LogP contribution in [0, 0.1) is 0 Å². The van der Waals surface area contributed by atoms with Gasteiger partial charge >= 0.3 is 5.97 Å². The van der Waals surface area contributed by atoms with Gasteiger partial charge < -0.3 is 14.8 Å². The summed E-state index contributed by atoms with van der Waals surface area (Å²) in [6, 6.07) is 10.9. The van der Waals surface area contributed by atoms with E-state index in [2.05, 4.69) is 33.0 Å². The maximum Gasteiger partial charge on any atom is 0.337 e. The van der Waals surface area contributed by atoms with Crippen molar-refractivity contribution in [3.8, 4) is 5.75 Å². The number of methoxy groups -OCH3 is 2. The molecule has 0 bridgehead atoms. The summed E-state index contributed by atoms with van der Waals surface area (Å²) < 4.78 is 10.6. The highest BCUT2D eigenvalue weighted by Crippen LogP contribution is 2.36. The zero-order chi connectivity index (χ0) is 27.6. The van der Waals surface area contributed by atoms with E-state index in [1.54, 1.807) is 25.3 Å². The highest BCUT2D eigenvalue weighted by Gasteiger charge is 2.24. The van der Waals surface area contributed by atoms with Gasteiger partial charge in [-0.15, -0.1) is 0 Å². The molecule has 2 aromatic rings. The summed E-state index contributed by atoms with van der Waals surface area (Å²) in [7, 11) is 2.94. The Bertz CT molecular complexity index is 1080. The predicted molar refractivity (Wildman–Crippen MR) is 149 cm³/mol. The number of rotatable bonds is 13. The van der Waals surface area contributed by atoms with Crippen molar-refractivity contribution >= 4 is 23.3 Å². The SMILES string of the molecule is CCCCCC(CC(=O)Nc1cc(C(=O)OC)ccc1C(C)(C)C)c1ccc(C(=O)CCC)cc1OC. The molecule has 6 heteroatoms. The summed E-state index contributed by atoms with van der Waals surface area (Å²) in [4.78, 5) is 38.0. The summed E-state index contributed by atoms with van der Waals surface area (Å²) in [5.41, 5.74) is 3.27. The third-order valence-electron chi connectivity index (χ3n) is 6.58. The number of ketones is 1. The van der Waals surface area contributed by atoms with E-state index in [4.69, 9.17) is 9.47 Å². The number of unbranched alkanes of at least 4 members (excludes halogenated alkanes) is 2. The molecule has 0 saturated carbocycles. The van der Waals surface area contributed by atoms with Gasteiger partial charge in [-0.1, -0.05) is 72.1 Å². The van der Waals surface area contributed by atoms with Gasteiger partial charge in [0.1, 0.15) is 5.75 Å². The molecule has 0 saturated heterocycles. The Morgan fingerprint density at radius 2 is 1.62 bits per heavy atom. The summed E-state index contributed by atoms with van der Waals surface area (Å²) in [6.07, 6.45) is 5.50. The van der Waals surface area contributed by atoms with Crippen LogP contribution in [0.2, 0.25) is 0 Å². The minimum Gasteiger partial charge on any atom is -0.496 e. The molecular formula is C31H43NO5. The van der Waals surface area contributed by atoms with Gasteiger partial charge in [-0.3, -0.25) is 9.59 Å². The maximum absolute atomic E-state index is 13.4. The fourth-order valence-corrected chi connectivity index (χ4v) is 4.57. The zero-order valence-corrected chi connectivity index (χ0v) is 23.5. The lowest BCUT2D eigenvalue weighted by Crippen LogP contribution is -2.21. The Hall–Kier alpha value is -3.15. The number of nitrogens with one attached hydrogen (secondary N) is 1. The van der Waals surface area contributed by atoms with Crippen LogP contribution in [0.1, 0.15) is 117 Å². The molecule has 0 aromatic heterocycles. The van der Waals surface area contributed by atoms with Crippen molar-refractivity contribution in [2.75, 3.05) is 19.5 Å². The second-order valence-electron chi connectivity index (χ2n) is 10.6. The zero-order valence-electron chi connectivity index (χ0n) is 23.5. The van der Waals surface area contributed by atoms with Crippen molar-refractivity contribution in [1.29, 1.82) is 0 Å². The molecule has 0 aliphatic carbocycles. The molecule has 0 radical (unpaired) electrons. The molecule has 2 rings (SSSR count). The Labute approximate surface area is 222 Å². The summed E-state index contributed by atoms with van der Waals surface area (Å²) in [5, 5.41) is 3.07. The Balaban J connectivity index is 2.38. The lowest BCUT2D eigenvalue weighted by Gasteiger charge is -2.25. The third-order valence-corrected chi connectivity index (χ3v) is 6.58. The van der Waals surface area contributed by atoms with Gasteiger partial charge in [0.25, 0.3) is 0 Å².